The molecule has 1 fully saturated rings. The minimum Gasteiger partial charge on any atom is -0.325 e. The van der Waals surface area contributed by atoms with Gasteiger partial charge in [-0.2, -0.15) is 0 Å². The van der Waals surface area contributed by atoms with Gasteiger partial charge in [0.2, 0.25) is 0 Å². The lowest BCUT2D eigenvalue weighted by Gasteiger charge is -2.36. The monoisotopic (exact) mass is 296 g/mol. The molecule has 3 heteroatoms. The van der Waals surface area contributed by atoms with Gasteiger partial charge in [-0.05, 0) is 57.0 Å². The van der Waals surface area contributed by atoms with E-state index in [2.05, 4.69) is 52.0 Å². The Balaban J connectivity index is 1.80. The van der Waals surface area contributed by atoms with E-state index in [1.165, 1.54) is 10.0 Å². The van der Waals surface area contributed by atoms with Crippen LogP contribution in [0, 0.1) is 0 Å². The van der Waals surface area contributed by atoms with Gasteiger partial charge < -0.3 is 10.6 Å². The van der Waals surface area contributed by atoms with Crippen molar-refractivity contribution in [3.63, 3.8) is 0 Å². The van der Waals surface area contributed by atoms with Crippen LogP contribution in [0.15, 0.2) is 28.7 Å². The van der Waals surface area contributed by atoms with Crippen LogP contribution in [-0.4, -0.2) is 30.1 Å². The van der Waals surface area contributed by atoms with Gasteiger partial charge in [-0.25, -0.2) is 0 Å². The van der Waals surface area contributed by atoms with Crippen LogP contribution >= 0.6 is 15.9 Å². The minimum absolute atomic E-state index is 0.0618. The van der Waals surface area contributed by atoms with Gasteiger partial charge in [0, 0.05) is 16.6 Å². The molecule has 0 radical (unpaired) electrons. The second kappa shape index (κ2) is 5.51. The zero-order valence-corrected chi connectivity index (χ0v) is 12.0. The highest BCUT2D eigenvalue weighted by Crippen LogP contribution is 2.19. The molecule has 0 aliphatic carbocycles. The first-order valence-corrected chi connectivity index (χ1v) is 7.10. The van der Waals surface area contributed by atoms with Gasteiger partial charge in [-0.3, -0.25) is 0 Å². The van der Waals surface area contributed by atoms with Crippen molar-refractivity contribution in [2.45, 2.75) is 31.7 Å². The normalized spacial score (nSPS) is 20.4. The Morgan fingerprint density at radius 3 is 2.71 bits per heavy atom. The summed E-state index contributed by atoms with van der Waals surface area (Å²) in [6.45, 7) is 5.59. The highest BCUT2D eigenvalue weighted by atomic mass is 79.9. The first-order chi connectivity index (χ1) is 8.05. The number of nitrogens with two attached hydrogens (primary N) is 1. The van der Waals surface area contributed by atoms with Gasteiger partial charge in [0.05, 0.1) is 0 Å². The molecule has 2 nitrogen and oxygen atoms in total. The number of benzene rings is 1. The lowest BCUT2D eigenvalue weighted by atomic mass is 9.91. The van der Waals surface area contributed by atoms with Crippen LogP contribution in [0.4, 0.5) is 0 Å². The van der Waals surface area contributed by atoms with Crippen molar-refractivity contribution in [2.75, 3.05) is 19.6 Å². The largest absolute Gasteiger partial charge is 0.325 e. The zero-order chi connectivity index (χ0) is 12.3. The molecule has 17 heavy (non-hydrogen) atoms. The lowest BCUT2D eigenvalue weighted by molar-refractivity contribution is 0.173. The highest BCUT2D eigenvalue weighted by Gasteiger charge is 2.25. The van der Waals surface area contributed by atoms with Gasteiger partial charge in [-0.15, -0.1) is 0 Å². The van der Waals surface area contributed by atoms with E-state index in [4.69, 9.17) is 5.73 Å². The molecule has 1 aliphatic heterocycles. The fourth-order valence-electron chi connectivity index (χ4n) is 2.27. The molecule has 0 spiro atoms. The van der Waals surface area contributed by atoms with Crippen molar-refractivity contribution in [1.82, 2.24) is 4.90 Å². The van der Waals surface area contributed by atoms with E-state index >= 15 is 0 Å². The summed E-state index contributed by atoms with van der Waals surface area (Å²) < 4.78 is 1.17. The predicted octanol–water partition coefficient (Wildman–Crippen LogP) is 2.80. The molecule has 1 heterocycles. The molecule has 2 N–H and O–H groups in total. The maximum atomic E-state index is 6.13. The van der Waals surface area contributed by atoms with Crippen LogP contribution in [0.3, 0.4) is 0 Å². The summed E-state index contributed by atoms with van der Waals surface area (Å²) in [7, 11) is 0. The molecule has 0 aromatic heterocycles. The SMILES string of the molecule is CC1(N)CCN(CCc2cccc(Br)c2)CC1. The molecule has 2 rings (SSSR count). The summed E-state index contributed by atoms with van der Waals surface area (Å²) in [6, 6.07) is 8.58. The van der Waals surface area contributed by atoms with Crippen LogP contribution in [0.5, 0.6) is 0 Å². The topological polar surface area (TPSA) is 29.3 Å². The molecule has 0 unspecified atom stereocenters. The Morgan fingerprint density at radius 2 is 2.06 bits per heavy atom. The van der Waals surface area contributed by atoms with E-state index in [9.17, 15) is 0 Å². The molecule has 0 saturated carbocycles. The molecule has 0 amide bonds. The Hall–Kier alpha value is -0.380. The average molecular weight is 297 g/mol. The molecular formula is C14H21BrN2. The van der Waals surface area contributed by atoms with Crippen molar-refractivity contribution < 1.29 is 0 Å². The number of nitrogens with zero attached hydrogens (tertiary/aromatic N) is 1. The molecule has 94 valence electrons. The second-order valence-electron chi connectivity index (χ2n) is 5.38. The van der Waals surface area contributed by atoms with E-state index in [0.29, 0.717) is 0 Å². The first-order valence-electron chi connectivity index (χ1n) is 6.31. The van der Waals surface area contributed by atoms with Crippen molar-refractivity contribution in [1.29, 1.82) is 0 Å². The third-order valence-corrected chi connectivity index (χ3v) is 4.10. The van der Waals surface area contributed by atoms with Crippen molar-refractivity contribution in [3.05, 3.63) is 34.3 Å². The van der Waals surface area contributed by atoms with Crippen molar-refractivity contribution in [2.24, 2.45) is 5.73 Å². The smallest absolute Gasteiger partial charge is 0.0178 e. The van der Waals surface area contributed by atoms with Gasteiger partial charge in [0.1, 0.15) is 0 Å². The van der Waals surface area contributed by atoms with Gasteiger partial charge in [0.15, 0.2) is 0 Å². The number of rotatable bonds is 3. The average Bonchev–Trinajstić information content (AvgIpc) is 2.28. The third kappa shape index (κ3) is 4.09. The van der Waals surface area contributed by atoms with Crippen LogP contribution in [0.2, 0.25) is 0 Å². The first kappa shape index (κ1) is 13.1. The molecule has 0 atom stereocenters. The Labute approximate surface area is 112 Å². The summed E-state index contributed by atoms with van der Waals surface area (Å²) >= 11 is 3.51. The molecular weight excluding hydrogens is 276 g/mol. The number of piperidine rings is 1. The summed E-state index contributed by atoms with van der Waals surface area (Å²) in [6.07, 6.45) is 3.36. The quantitative estimate of drug-likeness (QED) is 0.929. The standard InChI is InChI=1S/C14H21BrN2/c1-14(16)6-9-17(10-7-14)8-5-12-3-2-4-13(15)11-12/h2-4,11H,5-10,16H2,1H3. The zero-order valence-electron chi connectivity index (χ0n) is 10.5. The summed E-state index contributed by atoms with van der Waals surface area (Å²) in [4.78, 5) is 2.52. The molecule has 0 bridgehead atoms. The molecule has 1 aromatic rings. The number of halogens is 1. The molecule has 1 aliphatic rings. The second-order valence-corrected chi connectivity index (χ2v) is 6.29. The Kier molecular flexibility index (Phi) is 4.23. The van der Waals surface area contributed by atoms with Gasteiger partial charge >= 0.3 is 0 Å². The number of likely N-dealkylation sites (tertiary alicyclic amines) is 1. The van der Waals surface area contributed by atoms with Crippen LogP contribution in [0.25, 0.3) is 0 Å². The maximum Gasteiger partial charge on any atom is 0.0178 e. The van der Waals surface area contributed by atoms with Crippen LogP contribution < -0.4 is 5.73 Å². The van der Waals surface area contributed by atoms with Crippen LogP contribution in [0.1, 0.15) is 25.3 Å². The van der Waals surface area contributed by atoms with E-state index in [1.54, 1.807) is 0 Å². The van der Waals surface area contributed by atoms with E-state index < -0.39 is 0 Å². The highest BCUT2D eigenvalue weighted by molar-refractivity contribution is 9.10. The van der Waals surface area contributed by atoms with E-state index in [-0.39, 0.29) is 5.54 Å². The summed E-state index contributed by atoms with van der Waals surface area (Å²) in [5.41, 5.74) is 7.60. The molecule has 1 saturated heterocycles. The minimum atomic E-state index is 0.0618. The Morgan fingerprint density at radius 1 is 1.35 bits per heavy atom. The summed E-state index contributed by atoms with van der Waals surface area (Å²) in [5.74, 6) is 0. The van der Waals surface area contributed by atoms with E-state index in [1.807, 2.05) is 0 Å². The van der Waals surface area contributed by atoms with E-state index in [0.717, 1.165) is 38.9 Å². The lowest BCUT2D eigenvalue weighted by Crippen LogP contribution is -2.48. The third-order valence-electron chi connectivity index (χ3n) is 3.60. The van der Waals surface area contributed by atoms with Gasteiger partial charge in [-0.1, -0.05) is 28.1 Å². The van der Waals surface area contributed by atoms with Crippen molar-refractivity contribution in [3.8, 4) is 0 Å². The number of hydrogen-bond acceptors (Lipinski definition) is 2. The Bertz CT molecular complexity index is 366. The van der Waals surface area contributed by atoms with Gasteiger partial charge in [0.25, 0.3) is 0 Å². The fourth-order valence-corrected chi connectivity index (χ4v) is 2.71. The maximum absolute atomic E-state index is 6.13. The molecule has 1 aromatic carbocycles. The fraction of sp³-hybridized carbons (Fsp3) is 0.571. The predicted molar refractivity (Wildman–Crippen MR) is 76.1 cm³/mol. The van der Waals surface area contributed by atoms with Crippen molar-refractivity contribution >= 4 is 15.9 Å². The number of hydrogen-bond donors (Lipinski definition) is 1. The van der Waals surface area contributed by atoms with Crippen LogP contribution in [-0.2, 0) is 6.42 Å². The summed E-state index contributed by atoms with van der Waals surface area (Å²) in [5, 5.41) is 0.